The highest BCUT2D eigenvalue weighted by molar-refractivity contribution is 5.69. The van der Waals surface area contributed by atoms with Gasteiger partial charge in [-0.05, 0) is 65.0 Å². The first-order chi connectivity index (χ1) is 10.8. The standard InChI is InChI=1S/C18H28N2O3/c1-17(2,3)23-16(21)20-11-6-5-7-14(20)18(4)15-13(8-10-19-18)9-12-22-15/h9,12,14,19H,5-8,10-11H2,1-4H3. The minimum Gasteiger partial charge on any atom is -0.467 e. The van der Waals surface area contributed by atoms with E-state index in [2.05, 4.69) is 18.3 Å². The summed E-state index contributed by atoms with van der Waals surface area (Å²) in [5, 5.41) is 3.61. The summed E-state index contributed by atoms with van der Waals surface area (Å²) in [5.41, 5.74) is 0.422. The first-order valence-electron chi connectivity index (χ1n) is 8.63. The Labute approximate surface area is 138 Å². The van der Waals surface area contributed by atoms with Crippen LogP contribution in [0.2, 0.25) is 0 Å². The molecule has 3 rings (SSSR count). The maximum Gasteiger partial charge on any atom is 0.410 e. The van der Waals surface area contributed by atoms with E-state index in [1.165, 1.54) is 5.56 Å². The molecule has 0 saturated carbocycles. The number of rotatable bonds is 1. The Balaban J connectivity index is 1.89. The van der Waals surface area contributed by atoms with Crippen LogP contribution >= 0.6 is 0 Å². The zero-order valence-electron chi connectivity index (χ0n) is 14.6. The molecule has 23 heavy (non-hydrogen) atoms. The molecule has 2 aliphatic heterocycles. The number of carbonyl (C=O) groups is 1. The van der Waals surface area contributed by atoms with Crippen LogP contribution in [-0.4, -0.2) is 35.7 Å². The molecule has 5 heteroatoms. The van der Waals surface area contributed by atoms with E-state index < -0.39 is 5.60 Å². The molecule has 2 atom stereocenters. The monoisotopic (exact) mass is 320 g/mol. The third-order valence-corrected chi connectivity index (χ3v) is 4.90. The zero-order valence-corrected chi connectivity index (χ0v) is 14.6. The molecule has 2 unspecified atom stereocenters. The summed E-state index contributed by atoms with van der Waals surface area (Å²) in [4.78, 5) is 14.6. The van der Waals surface area contributed by atoms with Gasteiger partial charge in [-0.2, -0.15) is 0 Å². The summed E-state index contributed by atoms with van der Waals surface area (Å²) in [5.74, 6) is 0.976. The van der Waals surface area contributed by atoms with E-state index in [1.54, 1.807) is 6.26 Å². The van der Waals surface area contributed by atoms with Gasteiger partial charge in [0.05, 0.1) is 17.8 Å². The number of nitrogens with zero attached hydrogens (tertiary/aromatic N) is 1. The smallest absolute Gasteiger partial charge is 0.410 e. The SMILES string of the molecule is CC(C)(C)OC(=O)N1CCCCC1C1(C)NCCc2ccoc21. The van der Waals surface area contributed by atoms with Gasteiger partial charge in [-0.25, -0.2) is 4.79 Å². The number of likely N-dealkylation sites (tertiary alicyclic amines) is 1. The maximum absolute atomic E-state index is 12.7. The van der Waals surface area contributed by atoms with Crippen LogP contribution in [0.3, 0.4) is 0 Å². The normalized spacial score (nSPS) is 28.3. The van der Waals surface area contributed by atoms with Crippen molar-refractivity contribution in [2.24, 2.45) is 0 Å². The van der Waals surface area contributed by atoms with Gasteiger partial charge in [0, 0.05) is 13.1 Å². The highest BCUT2D eigenvalue weighted by Crippen LogP contribution is 2.38. The summed E-state index contributed by atoms with van der Waals surface area (Å²) < 4.78 is 11.5. The van der Waals surface area contributed by atoms with Crippen LogP contribution in [0, 0.1) is 0 Å². The Kier molecular flexibility index (Phi) is 4.17. The van der Waals surface area contributed by atoms with E-state index in [4.69, 9.17) is 9.15 Å². The largest absolute Gasteiger partial charge is 0.467 e. The molecule has 1 saturated heterocycles. The van der Waals surface area contributed by atoms with E-state index in [-0.39, 0.29) is 17.7 Å². The highest BCUT2D eigenvalue weighted by Gasteiger charge is 2.47. The Morgan fingerprint density at radius 1 is 1.43 bits per heavy atom. The predicted octanol–water partition coefficient (Wildman–Crippen LogP) is 3.43. The molecule has 1 N–H and O–H groups in total. The molecule has 0 radical (unpaired) electrons. The first kappa shape index (κ1) is 16.4. The van der Waals surface area contributed by atoms with E-state index in [9.17, 15) is 4.79 Å². The zero-order chi connectivity index (χ0) is 16.7. The number of carbonyl (C=O) groups excluding carboxylic acids is 1. The average molecular weight is 320 g/mol. The lowest BCUT2D eigenvalue weighted by Gasteiger charge is -2.47. The fourth-order valence-electron chi connectivity index (χ4n) is 3.87. The van der Waals surface area contributed by atoms with Crippen molar-refractivity contribution in [3.8, 4) is 0 Å². The van der Waals surface area contributed by atoms with Crippen molar-refractivity contribution >= 4 is 6.09 Å². The quantitative estimate of drug-likeness (QED) is 0.861. The molecule has 0 spiro atoms. The molecule has 0 bridgehead atoms. The van der Waals surface area contributed by atoms with Crippen LogP contribution in [0.4, 0.5) is 4.79 Å². The fraction of sp³-hybridized carbons (Fsp3) is 0.722. The van der Waals surface area contributed by atoms with E-state index in [0.29, 0.717) is 0 Å². The van der Waals surface area contributed by atoms with Gasteiger partial charge in [-0.15, -0.1) is 0 Å². The van der Waals surface area contributed by atoms with Crippen LogP contribution in [-0.2, 0) is 16.7 Å². The third kappa shape index (κ3) is 3.11. The van der Waals surface area contributed by atoms with Gasteiger partial charge >= 0.3 is 6.09 Å². The second kappa shape index (κ2) is 5.86. The van der Waals surface area contributed by atoms with Crippen LogP contribution in [0.5, 0.6) is 0 Å². The van der Waals surface area contributed by atoms with Crippen LogP contribution < -0.4 is 5.32 Å². The predicted molar refractivity (Wildman–Crippen MR) is 88.3 cm³/mol. The van der Waals surface area contributed by atoms with E-state index in [0.717, 1.165) is 44.5 Å². The topological polar surface area (TPSA) is 54.7 Å². The third-order valence-electron chi connectivity index (χ3n) is 4.90. The minimum atomic E-state index is -0.476. The fourth-order valence-corrected chi connectivity index (χ4v) is 3.87. The summed E-state index contributed by atoms with van der Waals surface area (Å²) in [6.45, 7) is 9.54. The summed E-state index contributed by atoms with van der Waals surface area (Å²) in [6, 6.07) is 2.10. The molecule has 2 aliphatic rings. The van der Waals surface area contributed by atoms with Crippen molar-refractivity contribution in [1.29, 1.82) is 0 Å². The van der Waals surface area contributed by atoms with Crippen molar-refractivity contribution in [2.75, 3.05) is 13.1 Å². The number of furan rings is 1. The molecule has 0 aromatic carbocycles. The van der Waals surface area contributed by atoms with Gasteiger partial charge in [0.15, 0.2) is 0 Å². The molecule has 128 valence electrons. The van der Waals surface area contributed by atoms with Gasteiger partial charge < -0.3 is 19.4 Å². The Morgan fingerprint density at radius 2 is 2.22 bits per heavy atom. The van der Waals surface area contributed by atoms with E-state index >= 15 is 0 Å². The van der Waals surface area contributed by atoms with Crippen LogP contribution in [0.15, 0.2) is 16.7 Å². The van der Waals surface area contributed by atoms with Gasteiger partial charge in [0.2, 0.25) is 0 Å². The van der Waals surface area contributed by atoms with Crippen molar-refractivity contribution in [3.63, 3.8) is 0 Å². The molecule has 1 aromatic heterocycles. The number of amides is 1. The minimum absolute atomic E-state index is 0.0521. The number of nitrogens with one attached hydrogen (secondary N) is 1. The molecular weight excluding hydrogens is 292 g/mol. The number of ether oxygens (including phenoxy) is 1. The van der Waals surface area contributed by atoms with Crippen molar-refractivity contribution in [3.05, 3.63) is 23.7 Å². The number of fused-ring (bicyclic) bond motifs is 1. The van der Waals surface area contributed by atoms with Crippen LogP contribution in [0.25, 0.3) is 0 Å². The Morgan fingerprint density at radius 3 is 2.96 bits per heavy atom. The molecular formula is C18H28N2O3. The molecule has 0 aliphatic carbocycles. The second-order valence-electron chi connectivity index (χ2n) is 7.84. The summed E-state index contributed by atoms with van der Waals surface area (Å²) in [6.07, 6.45) is 5.62. The number of hydrogen-bond acceptors (Lipinski definition) is 4. The van der Waals surface area contributed by atoms with Gasteiger partial charge in [-0.1, -0.05) is 0 Å². The number of hydrogen-bond donors (Lipinski definition) is 1. The van der Waals surface area contributed by atoms with Gasteiger partial charge in [0.25, 0.3) is 0 Å². The van der Waals surface area contributed by atoms with Crippen molar-refractivity contribution in [1.82, 2.24) is 10.2 Å². The Hall–Kier alpha value is -1.49. The van der Waals surface area contributed by atoms with E-state index in [1.807, 2.05) is 25.7 Å². The van der Waals surface area contributed by atoms with Gasteiger partial charge in [0.1, 0.15) is 11.4 Å². The average Bonchev–Trinajstić information content (AvgIpc) is 2.96. The highest BCUT2D eigenvalue weighted by atomic mass is 16.6. The van der Waals surface area contributed by atoms with Crippen molar-refractivity contribution in [2.45, 2.75) is 70.6 Å². The first-order valence-corrected chi connectivity index (χ1v) is 8.63. The summed E-state index contributed by atoms with van der Waals surface area (Å²) >= 11 is 0. The molecule has 3 heterocycles. The molecule has 1 fully saturated rings. The maximum atomic E-state index is 12.7. The molecule has 1 aromatic rings. The summed E-state index contributed by atoms with van der Waals surface area (Å²) in [7, 11) is 0. The number of piperidine rings is 1. The lowest BCUT2D eigenvalue weighted by atomic mass is 9.79. The Bertz CT molecular complexity index is 575. The van der Waals surface area contributed by atoms with Gasteiger partial charge in [-0.3, -0.25) is 0 Å². The molecule has 1 amide bonds. The van der Waals surface area contributed by atoms with Crippen LogP contribution in [0.1, 0.15) is 58.3 Å². The lowest BCUT2D eigenvalue weighted by Crippen LogP contribution is -2.61. The molecule has 5 nitrogen and oxygen atoms in total. The van der Waals surface area contributed by atoms with Crippen molar-refractivity contribution < 1.29 is 13.9 Å². The second-order valence-corrected chi connectivity index (χ2v) is 7.84. The lowest BCUT2D eigenvalue weighted by molar-refractivity contribution is -0.00919.